The number of non-ortho nitro benzene ring substituents is 1. The average Bonchev–Trinajstić information content (AvgIpc) is 2.91. The summed E-state index contributed by atoms with van der Waals surface area (Å²) in [6.45, 7) is 0. The highest BCUT2D eigenvalue weighted by atomic mass is 19.4. The van der Waals surface area contributed by atoms with Gasteiger partial charge in [0.15, 0.2) is 0 Å². The number of rotatable bonds is 1. The van der Waals surface area contributed by atoms with Crippen molar-refractivity contribution in [2.24, 2.45) is 0 Å². The zero-order valence-electron chi connectivity index (χ0n) is 12.0. The Morgan fingerprint density at radius 2 is 1.67 bits per heavy atom. The predicted octanol–water partition coefficient (Wildman–Crippen LogP) is 5.17. The maximum atomic E-state index is 13.5. The van der Waals surface area contributed by atoms with Crippen LogP contribution in [0.1, 0.15) is 5.69 Å². The van der Waals surface area contributed by atoms with Crippen LogP contribution in [0.5, 0.6) is 0 Å². The molecule has 0 fully saturated rings. The van der Waals surface area contributed by atoms with Gasteiger partial charge in [0.2, 0.25) is 0 Å². The minimum Gasteiger partial charge on any atom is -0.305 e. The molecule has 0 spiro atoms. The normalized spacial score (nSPS) is 12.3. The average molecular weight is 330 g/mol. The first kappa shape index (κ1) is 14.5. The van der Waals surface area contributed by atoms with Crippen LogP contribution in [0.25, 0.3) is 27.2 Å². The maximum absolute atomic E-state index is 13.5. The van der Waals surface area contributed by atoms with Gasteiger partial charge in [0.25, 0.3) is 5.69 Å². The first-order valence-corrected chi connectivity index (χ1v) is 7.05. The molecular weight excluding hydrogens is 321 g/mol. The van der Waals surface area contributed by atoms with E-state index in [0.29, 0.717) is 21.7 Å². The highest BCUT2D eigenvalue weighted by Crippen LogP contribution is 2.37. The number of hydrogen-bond acceptors (Lipinski definition) is 2. The third kappa shape index (κ3) is 2.01. The molecule has 0 aliphatic rings. The van der Waals surface area contributed by atoms with E-state index in [0.717, 1.165) is 10.5 Å². The summed E-state index contributed by atoms with van der Waals surface area (Å²) in [4.78, 5) is 10.4. The van der Waals surface area contributed by atoms with E-state index in [1.165, 1.54) is 18.2 Å². The zero-order chi connectivity index (χ0) is 17.1. The molecule has 24 heavy (non-hydrogen) atoms. The molecule has 0 saturated carbocycles. The lowest BCUT2D eigenvalue weighted by atomic mass is 10.1. The molecule has 0 bridgehead atoms. The van der Waals surface area contributed by atoms with Crippen molar-refractivity contribution in [2.75, 3.05) is 0 Å². The number of pyridine rings is 1. The van der Waals surface area contributed by atoms with Crippen LogP contribution in [-0.4, -0.2) is 9.32 Å². The second-order valence-corrected chi connectivity index (χ2v) is 5.48. The van der Waals surface area contributed by atoms with E-state index in [1.54, 1.807) is 30.3 Å². The van der Waals surface area contributed by atoms with Crippen molar-refractivity contribution in [3.63, 3.8) is 0 Å². The molecule has 4 aromatic rings. The summed E-state index contributed by atoms with van der Waals surface area (Å²) in [5, 5.41) is 12.4. The van der Waals surface area contributed by atoms with Crippen molar-refractivity contribution in [1.29, 1.82) is 0 Å². The van der Waals surface area contributed by atoms with Crippen molar-refractivity contribution in [3.8, 4) is 0 Å². The number of nitro groups is 1. The highest BCUT2D eigenvalue weighted by Gasteiger charge is 2.34. The van der Waals surface area contributed by atoms with Gasteiger partial charge >= 0.3 is 6.18 Å². The van der Waals surface area contributed by atoms with Crippen LogP contribution in [0, 0.1) is 10.1 Å². The fourth-order valence-electron chi connectivity index (χ4n) is 3.05. The van der Waals surface area contributed by atoms with Crippen LogP contribution in [0.4, 0.5) is 18.9 Å². The highest BCUT2D eigenvalue weighted by molar-refractivity contribution is 6.03. The van der Waals surface area contributed by atoms with Gasteiger partial charge in [0.05, 0.1) is 16.0 Å². The number of nitrogens with zero attached hydrogens (tertiary/aromatic N) is 2. The molecule has 2 aromatic carbocycles. The second-order valence-electron chi connectivity index (χ2n) is 5.48. The van der Waals surface area contributed by atoms with E-state index >= 15 is 0 Å². The molecule has 0 amide bonds. The third-order valence-corrected chi connectivity index (χ3v) is 4.06. The number of nitro benzene ring substituents is 1. The number of hydrogen-bond donors (Lipinski definition) is 0. The van der Waals surface area contributed by atoms with Gasteiger partial charge in [-0.05, 0) is 23.6 Å². The first-order chi connectivity index (χ1) is 11.4. The van der Waals surface area contributed by atoms with Gasteiger partial charge in [0.1, 0.15) is 5.69 Å². The molecule has 0 saturated heterocycles. The Balaban J connectivity index is 2.24. The van der Waals surface area contributed by atoms with Crippen molar-refractivity contribution >= 4 is 32.9 Å². The van der Waals surface area contributed by atoms with Crippen molar-refractivity contribution in [3.05, 3.63) is 70.4 Å². The summed E-state index contributed by atoms with van der Waals surface area (Å²) in [5.41, 5.74) is -0.305. The number of benzene rings is 2. The van der Waals surface area contributed by atoms with Crippen molar-refractivity contribution < 1.29 is 18.1 Å². The summed E-state index contributed by atoms with van der Waals surface area (Å²) in [5.74, 6) is 0. The molecule has 0 N–H and O–H groups in total. The fraction of sp³-hybridized carbons (Fsp3) is 0.0588. The molecule has 4 rings (SSSR count). The Hall–Kier alpha value is -3.09. The number of fused-ring (bicyclic) bond motifs is 5. The Labute approximate surface area is 132 Å². The summed E-state index contributed by atoms with van der Waals surface area (Å²) in [6.07, 6.45) is -4.55. The molecular formula is C17H9F3N2O2. The van der Waals surface area contributed by atoms with Gasteiger partial charge in [-0.1, -0.05) is 24.3 Å². The van der Waals surface area contributed by atoms with Gasteiger partial charge in [0, 0.05) is 22.9 Å². The first-order valence-electron chi connectivity index (χ1n) is 7.05. The zero-order valence-corrected chi connectivity index (χ0v) is 12.0. The Morgan fingerprint density at radius 3 is 2.38 bits per heavy atom. The molecule has 0 aliphatic carbocycles. The summed E-state index contributed by atoms with van der Waals surface area (Å²) in [7, 11) is 0. The molecule has 2 heterocycles. The van der Waals surface area contributed by atoms with E-state index in [1.807, 2.05) is 0 Å². The van der Waals surface area contributed by atoms with E-state index in [-0.39, 0.29) is 11.2 Å². The van der Waals surface area contributed by atoms with Crippen LogP contribution < -0.4 is 0 Å². The molecule has 0 aliphatic heterocycles. The summed E-state index contributed by atoms with van der Waals surface area (Å²) < 4.78 is 41.7. The molecule has 0 atom stereocenters. The third-order valence-electron chi connectivity index (χ3n) is 4.06. The number of alkyl halides is 3. The second kappa shape index (κ2) is 4.70. The van der Waals surface area contributed by atoms with E-state index in [4.69, 9.17) is 0 Å². The minimum absolute atomic E-state index is 0.156. The topological polar surface area (TPSA) is 47.5 Å². The lowest BCUT2D eigenvalue weighted by molar-refractivity contribution is -0.384. The number of halogens is 3. The van der Waals surface area contributed by atoms with Crippen LogP contribution in [0.15, 0.2) is 54.6 Å². The molecule has 4 nitrogen and oxygen atoms in total. The van der Waals surface area contributed by atoms with Crippen LogP contribution in [0.2, 0.25) is 0 Å². The summed E-state index contributed by atoms with van der Waals surface area (Å²) in [6, 6.07) is 13.3. The van der Waals surface area contributed by atoms with Gasteiger partial charge in [-0.3, -0.25) is 10.1 Å². The Bertz CT molecular complexity index is 1130. The minimum atomic E-state index is -4.55. The lowest BCUT2D eigenvalue weighted by Gasteiger charge is -2.13. The van der Waals surface area contributed by atoms with Crippen molar-refractivity contribution in [1.82, 2.24) is 4.40 Å². The monoisotopic (exact) mass is 330 g/mol. The smallest absolute Gasteiger partial charge is 0.305 e. The predicted molar refractivity (Wildman–Crippen MR) is 84.1 cm³/mol. The van der Waals surface area contributed by atoms with Crippen LogP contribution in [-0.2, 0) is 6.18 Å². The van der Waals surface area contributed by atoms with Gasteiger partial charge in [-0.2, -0.15) is 13.2 Å². The van der Waals surface area contributed by atoms with E-state index in [9.17, 15) is 23.3 Å². The Morgan fingerprint density at radius 1 is 0.917 bits per heavy atom. The van der Waals surface area contributed by atoms with Crippen LogP contribution >= 0.6 is 0 Å². The molecule has 0 unspecified atom stereocenters. The largest absolute Gasteiger partial charge is 0.431 e. The maximum Gasteiger partial charge on any atom is 0.431 e. The molecule has 7 heteroatoms. The van der Waals surface area contributed by atoms with Gasteiger partial charge < -0.3 is 4.40 Å². The molecule has 2 aromatic heterocycles. The summed E-state index contributed by atoms with van der Waals surface area (Å²) >= 11 is 0. The Kier molecular flexibility index (Phi) is 2.84. The van der Waals surface area contributed by atoms with Gasteiger partial charge in [-0.25, -0.2) is 0 Å². The van der Waals surface area contributed by atoms with Crippen LogP contribution in [0.3, 0.4) is 0 Å². The SMILES string of the molecule is O=[N+]([O-])c1ccc2c(c1)cc1c3ccccc3cc(C(F)(F)F)n21. The van der Waals surface area contributed by atoms with Crippen molar-refractivity contribution in [2.45, 2.75) is 6.18 Å². The van der Waals surface area contributed by atoms with Gasteiger partial charge in [-0.15, -0.1) is 0 Å². The molecule has 120 valence electrons. The number of aromatic nitrogens is 1. The standard InChI is InChI=1S/C17H9F3N2O2/c18-17(19,20)16-9-10-3-1-2-4-13(10)15-8-11-7-12(22(23)24)5-6-14(11)21(15)16/h1-9H. The molecule has 0 radical (unpaired) electrons. The lowest BCUT2D eigenvalue weighted by Crippen LogP contribution is -2.11. The quantitative estimate of drug-likeness (QED) is 0.357. The van der Waals surface area contributed by atoms with E-state index < -0.39 is 16.8 Å². The fourth-order valence-corrected chi connectivity index (χ4v) is 3.05. The van der Waals surface area contributed by atoms with E-state index in [2.05, 4.69) is 0 Å².